The van der Waals surface area contributed by atoms with E-state index < -0.39 is 0 Å². The van der Waals surface area contributed by atoms with Crippen LogP contribution in [0.2, 0.25) is 0 Å². The number of hydrogen-bond acceptors (Lipinski definition) is 2. The Morgan fingerprint density at radius 1 is 1.62 bits per heavy atom. The average Bonchev–Trinajstić information content (AvgIpc) is 2.62. The Morgan fingerprint density at radius 3 is 2.62 bits per heavy atom. The predicted octanol–water partition coefficient (Wildman–Crippen LogP) is 2.27. The van der Waals surface area contributed by atoms with Gasteiger partial charge in [-0.15, -0.1) is 0 Å². The molecule has 1 fully saturated rings. The van der Waals surface area contributed by atoms with Crippen molar-refractivity contribution in [1.29, 1.82) is 0 Å². The van der Waals surface area contributed by atoms with Gasteiger partial charge >= 0.3 is 0 Å². The number of ether oxygens (including phenoxy) is 1. The smallest absolute Gasteiger partial charge is 0.113 e. The van der Waals surface area contributed by atoms with Gasteiger partial charge in [0.1, 0.15) is 6.10 Å². The lowest BCUT2D eigenvalue weighted by Gasteiger charge is -2.05. The molecule has 13 heavy (non-hydrogen) atoms. The molecular formula is C11H20O2. The third-order valence-corrected chi connectivity index (χ3v) is 2.57. The van der Waals surface area contributed by atoms with Gasteiger partial charge in [-0.05, 0) is 40.5 Å². The molecule has 1 N–H and O–H groups in total. The van der Waals surface area contributed by atoms with Crippen molar-refractivity contribution in [3.8, 4) is 0 Å². The molecule has 1 heterocycles. The maximum Gasteiger partial charge on any atom is 0.113 e. The van der Waals surface area contributed by atoms with Crippen molar-refractivity contribution in [2.24, 2.45) is 0 Å². The Hall–Kier alpha value is -0.340. The predicted molar refractivity (Wildman–Crippen MR) is 53.6 cm³/mol. The highest BCUT2D eigenvalue weighted by atomic mass is 16.6. The molecule has 0 bridgehead atoms. The van der Waals surface area contributed by atoms with Crippen LogP contribution in [0.25, 0.3) is 0 Å². The summed E-state index contributed by atoms with van der Waals surface area (Å²) in [6.07, 6.45) is 3.98. The molecule has 2 nitrogen and oxygen atoms in total. The zero-order valence-electron chi connectivity index (χ0n) is 9.00. The van der Waals surface area contributed by atoms with E-state index in [0.29, 0.717) is 0 Å². The first kappa shape index (κ1) is 10.7. The molecule has 76 valence electrons. The summed E-state index contributed by atoms with van der Waals surface area (Å²) in [5.41, 5.74) is 1.28. The zero-order chi connectivity index (χ0) is 10.1. The van der Waals surface area contributed by atoms with Crippen LogP contribution in [-0.2, 0) is 4.74 Å². The van der Waals surface area contributed by atoms with Gasteiger partial charge < -0.3 is 9.84 Å². The fraction of sp³-hybridized carbons (Fsp3) is 0.818. The topological polar surface area (TPSA) is 32.8 Å². The maximum atomic E-state index is 9.30. The molecule has 0 aromatic rings. The summed E-state index contributed by atoms with van der Waals surface area (Å²) in [5, 5.41) is 9.30. The van der Waals surface area contributed by atoms with Gasteiger partial charge in [-0.25, -0.2) is 0 Å². The Labute approximate surface area is 80.6 Å². The Morgan fingerprint density at radius 2 is 2.23 bits per heavy atom. The van der Waals surface area contributed by atoms with Crippen LogP contribution < -0.4 is 0 Å². The van der Waals surface area contributed by atoms with Gasteiger partial charge in [-0.2, -0.15) is 0 Å². The van der Waals surface area contributed by atoms with Gasteiger partial charge in [0.2, 0.25) is 0 Å². The minimum absolute atomic E-state index is 0.0538. The van der Waals surface area contributed by atoms with E-state index in [2.05, 4.69) is 26.8 Å². The van der Waals surface area contributed by atoms with Crippen molar-refractivity contribution in [2.75, 3.05) is 0 Å². The van der Waals surface area contributed by atoms with Crippen LogP contribution in [0.5, 0.6) is 0 Å². The van der Waals surface area contributed by atoms with Gasteiger partial charge in [0, 0.05) is 0 Å². The van der Waals surface area contributed by atoms with Crippen molar-refractivity contribution < 1.29 is 9.84 Å². The van der Waals surface area contributed by atoms with Gasteiger partial charge in [-0.1, -0.05) is 11.6 Å². The summed E-state index contributed by atoms with van der Waals surface area (Å²) in [6, 6.07) is 0. The van der Waals surface area contributed by atoms with E-state index in [1.54, 1.807) is 6.92 Å². The largest absolute Gasteiger partial charge is 0.391 e. The molecule has 1 aliphatic rings. The third-order valence-electron chi connectivity index (χ3n) is 2.57. The Bertz CT molecular complexity index is 204. The number of rotatable bonds is 4. The summed E-state index contributed by atoms with van der Waals surface area (Å²) in [4.78, 5) is 0. The minimum Gasteiger partial charge on any atom is -0.391 e. The molecule has 0 aromatic carbocycles. The molecule has 1 saturated heterocycles. The Kier molecular flexibility index (Phi) is 3.14. The van der Waals surface area contributed by atoms with E-state index in [9.17, 15) is 5.11 Å². The summed E-state index contributed by atoms with van der Waals surface area (Å²) in [6.45, 7) is 8.06. The van der Waals surface area contributed by atoms with Crippen LogP contribution in [0.3, 0.4) is 0 Å². The van der Waals surface area contributed by atoms with Crippen LogP contribution in [0, 0.1) is 0 Å². The molecule has 0 radical (unpaired) electrons. The second kappa shape index (κ2) is 3.81. The van der Waals surface area contributed by atoms with Crippen LogP contribution in [0.4, 0.5) is 0 Å². The quantitative estimate of drug-likeness (QED) is 0.537. The number of aliphatic hydroxyl groups excluding tert-OH is 1. The van der Waals surface area contributed by atoms with Crippen LogP contribution in [0.15, 0.2) is 11.6 Å². The monoisotopic (exact) mass is 184 g/mol. The average molecular weight is 184 g/mol. The molecule has 1 unspecified atom stereocenters. The van der Waals surface area contributed by atoms with Crippen molar-refractivity contribution in [2.45, 2.75) is 58.3 Å². The van der Waals surface area contributed by atoms with E-state index in [0.717, 1.165) is 12.8 Å². The summed E-state index contributed by atoms with van der Waals surface area (Å²) >= 11 is 0. The third kappa shape index (κ3) is 2.82. The molecule has 0 saturated carbocycles. The molecule has 3 atom stereocenters. The summed E-state index contributed by atoms with van der Waals surface area (Å²) in [7, 11) is 0. The summed E-state index contributed by atoms with van der Waals surface area (Å²) < 4.78 is 5.47. The first-order valence-electron chi connectivity index (χ1n) is 4.95. The van der Waals surface area contributed by atoms with Crippen molar-refractivity contribution in [3.05, 3.63) is 11.6 Å². The van der Waals surface area contributed by atoms with E-state index >= 15 is 0 Å². The Balaban J connectivity index is 2.28. The molecule has 0 spiro atoms. The van der Waals surface area contributed by atoms with Gasteiger partial charge in [-0.3, -0.25) is 0 Å². The van der Waals surface area contributed by atoms with Crippen molar-refractivity contribution in [1.82, 2.24) is 0 Å². The minimum atomic E-state index is -0.336. The van der Waals surface area contributed by atoms with Crippen molar-refractivity contribution >= 4 is 0 Å². The first-order valence-corrected chi connectivity index (χ1v) is 4.95. The second-order valence-corrected chi connectivity index (χ2v) is 4.41. The van der Waals surface area contributed by atoms with E-state index in [1.807, 2.05) is 0 Å². The van der Waals surface area contributed by atoms with Crippen molar-refractivity contribution in [3.63, 3.8) is 0 Å². The highest BCUT2D eigenvalue weighted by Gasteiger charge is 2.53. The number of hydrogen-bond donors (Lipinski definition) is 1. The lowest BCUT2D eigenvalue weighted by Crippen LogP contribution is -2.19. The zero-order valence-corrected chi connectivity index (χ0v) is 9.00. The van der Waals surface area contributed by atoms with Crippen LogP contribution in [0.1, 0.15) is 40.5 Å². The molecule has 2 heteroatoms. The molecule has 0 aliphatic carbocycles. The fourth-order valence-electron chi connectivity index (χ4n) is 1.71. The van der Waals surface area contributed by atoms with E-state index in [4.69, 9.17) is 4.74 Å². The SMILES string of the molecule is CC(C)=CCC[C@@]1(C)O[C@@H]1C(C)O. The molecule has 0 aromatic heterocycles. The maximum absolute atomic E-state index is 9.30. The lowest BCUT2D eigenvalue weighted by molar-refractivity contribution is 0.152. The normalized spacial score (nSPS) is 34.1. The first-order chi connectivity index (χ1) is 5.96. The van der Waals surface area contributed by atoms with Gasteiger partial charge in [0.05, 0.1) is 11.7 Å². The summed E-state index contributed by atoms with van der Waals surface area (Å²) in [5.74, 6) is 0. The number of allylic oxidation sites excluding steroid dienone is 2. The van der Waals surface area contributed by atoms with Crippen LogP contribution >= 0.6 is 0 Å². The van der Waals surface area contributed by atoms with Gasteiger partial charge in [0.25, 0.3) is 0 Å². The lowest BCUT2D eigenvalue weighted by atomic mass is 9.98. The van der Waals surface area contributed by atoms with E-state index in [-0.39, 0.29) is 17.8 Å². The standard InChI is InChI=1S/C11H20O2/c1-8(2)6-5-7-11(4)10(13-11)9(3)12/h6,9-10,12H,5,7H2,1-4H3/t9?,10-,11-/m1/s1. The van der Waals surface area contributed by atoms with Crippen LogP contribution in [-0.4, -0.2) is 22.9 Å². The highest BCUT2D eigenvalue weighted by Crippen LogP contribution is 2.42. The molecule has 1 aliphatic heterocycles. The number of aliphatic hydroxyl groups is 1. The highest BCUT2D eigenvalue weighted by molar-refractivity contribution is 5.04. The second-order valence-electron chi connectivity index (χ2n) is 4.41. The fourth-order valence-corrected chi connectivity index (χ4v) is 1.71. The number of epoxide rings is 1. The van der Waals surface area contributed by atoms with E-state index in [1.165, 1.54) is 5.57 Å². The molecule has 1 rings (SSSR count). The molecule has 0 amide bonds. The van der Waals surface area contributed by atoms with Gasteiger partial charge in [0.15, 0.2) is 0 Å². The molecular weight excluding hydrogens is 164 g/mol.